The Morgan fingerprint density at radius 2 is 2.04 bits per heavy atom. The predicted molar refractivity (Wildman–Crippen MR) is 121 cm³/mol. The van der Waals surface area contributed by atoms with Crippen LogP contribution in [0, 0.1) is 6.92 Å². The van der Waals surface area contributed by atoms with Crippen molar-refractivity contribution in [3.05, 3.63) is 52.9 Å². The van der Waals surface area contributed by atoms with Crippen LogP contribution < -0.4 is 10.6 Å². The molecular formula is C21H31IN4O. The minimum Gasteiger partial charge on any atom is -0.359 e. The van der Waals surface area contributed by atoms with E-state index in [0.29, 0.717) is 24.4 Å². The number of hydrogen-bond acceptors (Lipinski definition) is 3. The van der Waals surface area contributed by atoms with Gasteiger partial charge in [-0.2, -0.15) is 0 Å². The molecule has 0 aliphatic heterocycles. The highest BCUT2D eigenvalue weighted by Crippen LogP contribution is 2.42. The second-order valence-electron chi connectivity index (χ2n) is 7.11. The third-order valence-electron chi connectivity index (χ3n) is 5.34. The van der Waals surface area contributed by atoms with Gasteiger partial charge in [0.2, 0.25) is 0 Å². The van der Waals surface area contributed by atoms with Crippen molar-refractivity contribution in [3.63, 3.8) is 0 Å². The van der Waals surface area contributed by atoms with Crippen molar-refractivity contribution in [1.82, 2.24) is 15.8 Å². The van der Waals surface area contributed by atoms with Crippen LogP contribution in [0.25, 0.3) is 0 Å². The summed E-state index contributed by atoms with van der Waals surface area (Å²) in [6.45, 7) is 7.15. The van der Waals surface area contributed by atoms with Crippen LogP contribution in [-0.4, -0.2) is 24.2 Å². The molecule has 5 nitrogen and oxygen atoms in total. The molecule has 2 N–H and O–H groups in total. The molecule has 1 aromatic heterocycles. The maximum Gasteiger partial charge on any atom is 0.191 e. The minimum absolute atomic E-state index is 0. The van der Waals surface area contributed by atoms with E-state index in [2.05, 4.69) is 71.9 Å². The lowest BCUT2D eigenvalue weighted by molar-refractivity contribution is 0.368. The number of guanidine groups is 1. The zero-order valence-corrected chi connectivity index (χ0v) is 19.0. The molecule has 1 aromatic carbocycles. The molecule has 1 fully saturated rings. The SMILES string of the molecule is CCC(CC)c1cc(CNC(=NC)NC2CC2c2ccccc2C)on1.I. The molecule has 2 aromatic rings. The van der Waals surface area contributed by atoms with Crippen molar-refractivity contribution >= 4 is 29.9 Å². The van der Waals surface area contributed by atoms with Crippen LogP contribution in [-0.2, 0) is 6.54 Å². The van der Waals surface area contributed by atoms with Crippen LogP contribution >= 0.6 is 24.0 Å². The summed E-state index contributed by atoms with van der Waals surface area (Å²) in [6.07, 6.45) is 3.31. The van der Waals surface area contributed by atoms with Gasteiger partial charge in [-0.15, -0.1) is 24.0 Å². The highest BCUT2D eigenvalue weighted by molar-refractivity contribution is 14.0. The quantitative estimate of drug-likeness (QED) is 0.341. The van der Waals surface area contributed by atoms with Gasteiger partial charge in [0.25, 0.3) is 0 Å². The lowest BCUT2D eigenvalue weighted by Crippen LogP contribution is -2.38. The van der Waals surface area contributed by atoms with E-state index < -0.39 is 0 Å². The van der Waals surface area contributed by atoms with Crippen molar-refractivity contribution < 1.29 is 4.52 Å². The standard InChI is InChI=1S/C21H30N4O.HI/c1-5-15(6-2)19-11-16(26-25-19)13-23-21(22-4)24-20-12-18(20)17-10-8-7-9-14(17)3;/h7-11,15,18,20H,5-6,12-13H2,1-4H3,(H2,22,23,24);1H. The molecule has 0 spiro atoms. The number of nitrogens with one attached hydrogen (secondary N) is 2. The number of hydrogen-bond donors (Lipinski definition) is 2. The summed E-state index contributed by atoms with van der Waals surface area (Å²) < 4.78 is 5.48. The Labute approximate surface area is 179 Å². The lowest BCUT2D eigenvalue weighted by atomic mass is 9.99. The molecule has 1 heterocycles. The summed E-state index contributed by atoms with van der Waals surface area (Å²) in [5.41, 5.74) is 3.85. The number of halogens is 1. The second kappa shape index (κ2) is 10.1. The van der Waals surface area contributed by atoms with E-state index in [0.717, 1.165) is 36.7 Å². The molecule has 0 amide bonds. The van der Waals surface area contributed by atoms with Gasteiger partial charge in [0.15, 0.2) is 11.7 Å². The van der Waals surface area contributed by atoms with Crippen molar-refractivity contribution in [2.24, 2.45) is 4.99 Å². The van der Waals surface area contributed by atoms with E-state index in [-0.39, 0.29) is 24.0 Å². The Balaban J connectivity index is 0.00000261. The normalized spacial score (nSPS) is 18.9. The molecule has 1 aliphatic carbocycles. The van der Waals surface area contributed by atoms with Gasteiger partial charge in [-0.3, -0.25) is 4.99 Å². The first kappa shape index (κ1) is 21.7. The minimum atomic E-state index is 0. The predicted octanol–water partition coefficient (Wildman–Crippen LogP) is 4.73. The van der Waals surface area contributed by atoms with Crippen LogP contribution in [0.2, 0.25) is 0 Å². The largest absolute Gasteiger partial charge is 0.359 e. The van der Waals surface area contributed by atoms with E-state index in [1.165, 1.54) is 11.1 Å². The van der Waals surface area contributed by atoms with Gasteiger partial charge < -0.3 is 15.2 Å². The van der Waals surface area contributed by atoms with E-state index in [1.54, 1.807) is 7.05 Å². The molecule has 0 bridgehead atoms. The number of aryl methyl sites for hydroxylation is 1. The molecule has 2 unspecified atom stereocenters. The molecule has 148 valence electrons. The fraction of sp³-hybridized carbons (Fsp3) is 0.524. The highest BCUT2D eigenvalue weighted by atomic mass is 127. The molecule has 1 saturated carbocycles. The zero-order valence-electron chi connectivity index (χ0n) is 16.7. The molecule has 0 radical (unpaired) electrons. The fourth-order valence-electron chi connectivity index (χ4n) is 3.55. The van der Waals surface area contributed by atoms with Crippen molar-refractivity contribution in [2.75, 3.05) is 7.05 Å². The maximum atomic E-state index is 5.48. The van der Waals surface area contributed by atoms with E-state index >= 15 is 0 Å². The van der Waals surface area contributed by atoms with Gasteiger partial charge in [-0.25, -0.2) is 0 Å². The number of rotatable bonds is 7. The lowest BCUT2D eigenvalue weighted by Gasteiger charge is -2.11. The highest BCUT2D eigenvalue weighted by Gasteiger charge is 2.39. The monoisotopic (exact) mass is 482 g/mol. The first-order valence-corrected chi connectivity index (χ1v) is 9.64. The zero-order chi connectivity index (χ0) is 18.5. The molecule has 2 atom stereocenters. The summed E-state index contributed by atoms with van der Waals surface area (Å²) in [5, 5.41) is 11.1. The summed E-state index contributed by atoms with van der Waals surface area (Å²) in [7, 11) is 1.80. The smallest absolute Gasteiger partial charge is 0.191 e. The number of benzene rings is 1. The van der Waals surface area contributed by atoms with Crippen molar-refractivity contribution in [3.8, 4) is 0 Å². The second-order valence-corrected chi connectivity index (χ2v) is 7.11. The van der Waals surface area contributed by atoms with Crippen LogP contribution in [0.1, 0.15) is 67.5 Å². The van der Waals surface area contributed by atoms with Gasteiger partial charge in [-0.1, -0.05) is 43.3 Å². The van der Waals surface area contributed by atoms with Crippen LogP contribution in [0.4, 0.5) is 0 Å². The first-order chi connectivity index (χ1) is 12.7. The van der Waals surface area contributed by atoms with Crippen LogP contribution in [0.5, 0.6) is 0 Å². The Bertz CT molecular complexity index is 754. The third-order valence-corrected chi connectivity index (χ3v) is 5.34. The van der Waals surface area contributed by atoms with Gasteiger partial charge in [0, 0.05) is 31.0 Å². The average Bonchev–Trinajstić information content (AvgIpc) is 3.26. The molecule has 6 heteroatoms. The number of aromatic nitrogens is 1. The molecule has 27 heavy (non-hydrogen) atoms. The maximum absolute atomic E-state index is 5.48. The fourth-order valence-corrected chi connectivity index (χ4v) is 3.55. The van der Waals surface area contributed by atoms with Gasteiger partial charge >= 0.3 is 0 Å². The first-order valence-electron chi connectivity index (χ1n) is 9.64. The van der Waals surface area contributed by atoms with Gasteiger partial charge in [0.1, 0.15) is 0 Å². The number of aliphatic imine (C=N–C) groups is 1. The molecule has 0 saturated heterocycles. The molecule has 3 rings (SSSR count). The Kier molecular flexibility index (Phi) is 8.13. The van der Waals surface area contributed by atoms with Gasteiger partial charge in [0.05, 0.1) is 12.2 Å². The topological polar surface area (TPSA) is 62.5 Å². The van der Waals surface area contributed by atoms with Crippen LogP contribution in [0.3, 0.4) is 0 Å². The summed E-state index contributed by atoms with van der Waals surface area (Å²) in [6, 6.07) is 11.1. The van der Waals surface area contributed by atoms with Gasteiger partial charge in [-0.05, 0) is 37.3 Å². The Morgan fingerprint density at radius 3 is 2.70 bits per heavy atom. The molecule has 1 aliphatic rings. The third kappa shape index (κ3) is 5.46. The Hall–Kier alpha value is -1.57. The van der Waals surface area contributed by atoms with Crippen LogP contribution in [0.15, 0.2) is 39.8 Å². The average molecular weight is 482 g/mol. The Morgan fingerprint density at radius 1 is 1.30 bits per heavy atom. The summed E-state index contributed by atoms with van der Waals surface area (Å²) >= 11 is 0. The van der Waals surface area contributed by atoms with E-state index in [4.69, 9.17) is 4.52 Å². The summed E-state index contributed by atoms with van der Waals surface area (Å²) in [5.74, 6) is 2.71. The number of nitrogens with zero attached hydrogens (tertiary/aromatic N) is 2. The van der Waals surface area contributed by atoms with Crippen molar-refractivity contribution in [2.45, 2.75) is 64.5 Å². The molecular weight excluding hydrogens is 451 g/mol. The van der Waals surface area contributed by atoms with E-state index in [9.17, 15) is 0 Å². The van der Waals surface area contributed by atoms with Crippen molar-refractivity contribution in [1.29, 1.82) is 0 Å². The summed E-state index contributed by atoms with van der Waals surface area (Å²) in [4.78, 5) is 4.34. The van der Waals surface area contributed by atoms with E-state index in [1.807, 2.05) is 0 Å².